The summed E-state index contributed by atoms with van der Waals surface area (Å²) in [6.07, 6.45) is 1.05. The van der Waals surface area contributed by atoms with Crippen LogP contribution in [0.5, 0.6) is 0 Å². The van der Waals surface area contributed by atoms with Gasteiger partial charge in [-0.15, -0.1) is 0 Å². The molecule has 3 aromatic rings. The predicted molar refractivity (Wildman–Crippen MR) is 77.3 cm³/mol. The molecule has 0 saturated heterocycles. The summed E-state index contributed by atoms with van der Waals surface area (Å²) in [5, 5.41) is 2.46. The van der Waals surface area contributed by atoms with E-state index in [1.165, 1.54) is 21.9 Å². The van der Waals surface area contributed by atoms with Crippen LogP contribution in [0.1, 0.15) is 17.0 Å². The van der Waals surface area contributed by atoms with Gasteiger partial charge in [-0.1, -0.05) is 60.7 Å². The molecular weight excluding hydrogens is 232 g/mol. The molecule has 1 unspecified atom stereocenters. The van der Waals surface area contributed by atoms with Crippen LogP contribution < -0.4 is 0 Å². The van der Waals surface area contributed by atoms with Gasteiger partial charge < -0.3 is 4.79 Å². The van der Waals surface area contributed by atoms with Crippen LogP contribution in [0.2, 0.25) is 0 Å². The molecule has 0 aromatic heterocycles. The van der Waals surface area contributed by atoms with Gasteiger partial charge >= 0.3 is 0 Å². The van der Waals surface area contributed by atoms with Crippen molar-refractivity contribution in [3.05, 3.63) is 71.8 Å². The standard InChI is InChI=1S/C18H12O/c19-11-17-14-7-3-4-8-15(14)18-13-6-2-1-5-12(13)9-10-16(17)18/h1-11,17H. The molecule has 1 atom stereocenters. The molecular formula is C18H12O. The lowest BCUT2D eigenvalue weighted by atomic mass is 9.96. The molecule has 19 heavy (non-hydrogen) atoms. The second-order valence-electron chi connectivity index (χ2n) is 4.95. The Balaban J connectivity index is 2.18. The van der Waals surface area contributed by atoms with Crippen molar-refractivity contribution in [2.24, 2.45) is 0 Å². The molecule has 4 rings (SSSR count). The third-order valence-corrected chi connectivity index (χ3v) is 4.00. The highest BCUT2D eigenvalue weighted by Crippen LogP contribution is 2.46. The zero-order valence-electron chi connectivity index (χ0n) is 10.3. The summed E-state index contributed by atoms with van der Waals surface area (Å²) in [6, 6.07) is 20.8. The van der Waals surface area contributed by atoms with Crippen molar-refractivity contribution in [1.29, 1.82) is 0 Å². The summed E-state index contributed by atoms with van der Waals surface area (Å²) >= 11 is 0. The maximum atomic E-state index is 11.5. The van der Waals surface area contributed by atoms with Crippen LogP contribution in [0.25, 0.3) is 21.9 Å². The maximum absolute atomic E-state index is 11.5. The average Bonchev–Trinajstić information content (AvgIpc) is 2.81. The SMILES string of the molecule is O=CC1c2ccccc2-c2c1ccc1ccccc21. The third kappa shape index (κ3) is 1.33. The molecule has 0 spiro atoms. The number of fused-ring (bicyclic) bond motifs is 5. The summed E-state index contributed by atoms with van der Waals surface area (Å²) in [7, 11) is 0. The highest BCUT2D eigenvalue weighted by Gasteiger charge is 2.29. The van der Waals surface area contributed by atoms with E-state index in [0.717, 1.165) is 17.4 Å². The van der Waals surface area contributed by atoms with Crippen molar-refractivity contribution in [2.75, 3.05) is 0 Å². The largest absolute Gasteiger partial charge is 0.302 e. The monoisotopic (exact) mass is 244 g/mol. The molecule has 0 saturated carbocycles. The first kappa shape index (κ1) is 10.5. The second-order valence-corrected chi connectivity index (χ2v) is 4.95. The quantitative estimate of drug-likeness (QED) is 0.588. The third-order valence-electron chi connectivity index (χ3n) is 4.00. The zero-order chi connectivity index (χ0) is 12.8. The minimum atomic E-state index is -0.115. The summed E-state index contributed by atoms with van der Waals surface area (Å²) < 4.78 is 0. The van der Waals surface area contributed by atoms with E-state index in [2.05, 4.69) is 42.5 Å². The summed E-state index contributed by atoms with van der Waals surface area (Å²) in [5.74, 6) is -0.115. The Kier molecular flexibility index (Phi) is 2.10. The fourth-order valence-electron chi connectivity index (χ4n) is 3.16. The van der Waals surface area contributed by atoms with Gasteiger partial charge in [-0.3, -0.25) is 0 Å². The number of benzene rings is 3. The molecule has 0 amide bonds. The van der Waals surface area contributed by atoms with Crippen LogP contribution in [0.3, 0.4) is 0 Å². The van der Waals surface area contributed by atoms with E-state index in [4.69, 9.17) is 0 Å². The first-order valence-corrected chi connectivity index (χ1v) is 6.46. The number of hydrogen-bond donors (Lipinski definition) is 0. The number of carbonyl (C=O) groups is 1. The summed E-state index contributed by atoms with van der Waals surface area (Å²) in [5.41, 5.74) is 4.69. The van der Waals surface area contributed by atoms with Crippen LogP contribution in [0.15, 0.2) is 60.7 Å². The van der Waals surface area contributed by atoms with Gasteiger partial charge in [0.25, 0.3) is 0 Å². The van der Waals surface area contributed by atoms with Crippen molar-refractivity contribution >= 4 is 17.1 Å². The van der Waals surface area contributed by atoms with Crippen LogP contribution >= 0.6 is 0 Å². The van der Waals surface area contributed by atoms with Crippen molar-refractivity contribution in [3.63, 3.8) is 0 Å². The first-order chi connectivity index (χ1) is 9.40. The Bertz CT molecular complexity index is 802. The van der Waals surface area contributed by atoms with E-state index in [1.807, 2.05) is 18.2 Å². The van der Waals surface area contributed by atoms with E-state index in [1.54, 1.807) is 0 Å². The van der Waals surface area contributed by atoms with E-state index in [-0.39, 0.29) is 5.92 Å². The Morgan fingerprint density at radius 3 is 2.47 bits per heavy atom. The smallest absolute Gasteiger partial charge is 0.131 e. The van der Waals surface area contributed by atoms with Gasteiger partial charge in [-0.25, -0.2) is 0 Å². The minimum Gasteiger partial charge on any atom is -0.302 e. The molecule has 3 aromatic carbocycles. The molecule has 0 bridgehead atoms. The predicted octanol–water partition coefficient (Wildman–Crippen LogP) is 4.15. The maximum Gasteiger partial charge on any atom is 0.131 e. The molecule has 1 aliphatic rings. The van der Waals surface area contributed by atoms with Crippen molar-refractivity contribution in [2.45, 2.75) is 5.92 Å². The van der Waals surface area contributed by atoms with Gasteiger partial charge in [-0.2, -0.15) is 0 Å². The van der Waals surface area contributed by atoms with E-state index in [0.29, 0.717) is 0 Å². The van der Waals surface area contributed by atoms with E-state index in [9.17, 15) is 4.79 Å². The van der Waals surface area contributed by atoms with Gasteiger partial charge in [0.1, 0.15) is 6.29 Å². The number of rotatable bonds is 1. The molecule has 0 N–H and O–H groups in total. The Labute approximate surface area is 111 Å². The zero-order valence-corrected chi connectivity index (χ0v) is 10.3. The van der Waals surface area contributed by atoms with Crippen molar-refractivity contribution in [1.82, 2.24) is 0 Å². The molecule has 0 fully saturated rings. The van der Waals surface area contributed by atoms with Gasteiger partial charge in [-0.05, 0) is 33.0 Å². The van der Waals surface area contributed by atoms with Crippen LogP contribution in [-0.4, -0.2) is 6.29 Å². The highest BCUT2D eigenvalue weighted by atomic mass is 16.1. The Morgan fingerprint density at radius 2 is 1.58 bits per heavy atom. The summed E-state index contributed by atoms with van der Waals surface area (Å²) in [4.78, 5) is 11.5. The lowest BCUT2D eigenvalue weighted by molar-refractivity contribution is -0.108. The Morgan fingerprint density at radius 1 is 0.789 bits per heavy atom. The fourth-order valence-corrected chi connectivity index (χ4v) is 3.16. The number of hydrogen-bond acceptors (Lipinski definition) is 1. The first-order valence-electron chi connectivity index (χ1n) is 6.46. The normalized spacial score (nSPS) is 16.1. The number of carbonyl (C=O) groups excluding carboxylic acids is 1. The lowest BCUT2D eigenvalue weighted by Gasteiger charge is -2.07. The molecule has 1 aliphatic carbocycles. The van der Waals surface area contributed by atoms with Gasteiger partial charge in [0.15, 0.2) is 0 Å². The molecule has 0 radical (unpaired) electrons. The lowest BCUT2D eigenvalue weighted by Crippen LogP contribution is -1.96. The van der Waals surface area contributed by atoms with E-state index >= 15 is 0 Å². The van der Waals surface area contributed by atoms with Gasteiger partial charge in [0, 0.05) is 0 Å². The van der Waals surface area contributed by atoms with Gasteiger partial charge in [0.05, 0.1) is 5.92 Å². The molecule has 1 heteroatoms. The fraction of sp³-hybridized carbons (Fsp3) is 0.0556. The van der Waals surface area contributed by atoms with Crippen molar-refractivity contribution in [3.8, 4) is 11.1 Å². The van der Waals surface area contributed by atoms with Crippen LogP contribution in [0, 0.1) is 0 Å². The molecule has 0 heterocycles. The summed E-state index contributed by atoms with van der Waals surface area (Å²) in [6.45, 7) is 0. The van der Waals surface area contributed by atoms with E-state index < -0.39 is 0 Å². The second kappa shape index (κ2) is 3.79. The van der Waals surface area contributed by atoms with Gasteiger partial charge in [0.2, 0.25) is 0 Å². The average molecular weight is 244 g/mol. The van der Waals surface area contributed by atoms with Crippen LogP contribution in [0.4, 0.5) is 0 Å². The Hall–Kier alpha value is -2.41. The topological polar surface area (TPSA) is 17.1 Å². The minimum absolute atomic E-state index is 0.115. The van der Waals surface area contributed by atoms with Crippen LogP contribution in [-0.2, 0) is 4.79 Å². The highest BCUT2D eigenvalue weighted by molar-refractivity contribution is 6.04. The molecule has 1 nitrogen and oxygen atoms in total. The molecule has 90 valence electrons. The van der Waals surface area contributed by atoms with Crippen molar-refractivity contribution < 1.29 is 4.79 Å². The molecule has 0 aliphatic heterocycles. The number of aldehydes is 1.